The van der Waals surface area contributed by atoms with Crippen molar-refractivity contribution < 1.29 is 14.3 Å². The molecule has 1 aromatic carbocycles. The minimum atomic E-state index is 0.221. The van der Waals surface area contributed by atoms with Crippen LogP contribution < -0.4 is 9.64 Å². The molecule has 0 atom stereocenters. The summed E-state index contributed by atoms with van der Waals surface area (Å²) in [5.74, 6) is 1.13. The number of piperazine rings is 1. The van der Waals surface area contributed by atoms with Gasteiger partial charge in [0.25, 0.3) is 0 Å². The Bertz CT molecular complexity index is 524. The molecule has 0 saturated carbocycles. The topological polar surface area (TPSA) is 45.2 Å². The molecule has 0 aromatic heterocycles. The van der Waals surface area contributed by atoms with Gasteiger partial charge in [-0.2, -0.15) is 0 Å². The van der Waals surface area contributed by atoms with Crippen LogP contribution in [0.1, 0.15) is 0 Å². The molecule has 0 aliphatic carbocycles. The number of anilines is 1. The fourth-order valence-corrected chi connectivity index (χ4v) is 3.14. The van der Waals surface area contributed by atoms with Gasteiger partial charge >= 0.3 is 0 Å². The fourth-order valence-electron chi connectivity index (χ4n) is 3.14. The number of rotatable bonds is 4. The number of hydrogen-bond donors (Lipinski definition) is 0. The summed E-state index contributed by atoms with van der Waals surface area (Å²) in [7, 11) is 1.70. The molecular formula is C17H25N3O3. The van der Waals surface area contributed by atoms with Gasteiger partial charge in [0.1, 0.15) is 5.75 Å². The van der Waals surface area contributed by atoms with E-state index in [0.717, 1.165) is 50.7 Å². The van der Waals surface area contributed by atoms with Gasteiger partial charge in [-0.25, -0.2) is 0 Å². The second-order valence-electron chi connectivity index (χ2n) is 5.93. The monoisotopic (exact) mass is 319 g/mol. The number of morpholine rings is 1. The van der Waals surface area contributed by atoms with Crippen molar-refractivity contribution in [3.8, 4) is 5.75 Å². The third-order valence-electron chi connectivity index (χ3n) is 4.52. The zero-order chi connectivity index (χ0) is 16.1. The summed E-state index contributed by atoms with van der Waals surface area (Å²) in [6.45, 7) is 6.90. The normalized spacial score (nSPS) is 19.7. The largest absolute Gasteiger partial charge is 0.495 e. The van der Waals surface area contributed by atoms with Crippen molar-refractivity contribution in [3.63, 3.8) is 0 Å². The first-order valence-corrected chi connectivity index (χ1v) is 8.24. The number of benzene rings is 1. The standard InChI is InChI=1S/C17H25N3O3/c1-22-16-5-3-2-4-15(16)19-8-6-18(7-9-19)14-17(21)20-10-12-23-13-11-20/h2-5H,6-14H2,1H3. The molecule has 6 nitrogen and oxygen atoms in total. The van der Waals surface area contributed by atoms with E-state index in [1.807, 2.05) is 23.1 Å². The summed E-state index contributed by atoms with van der Waals surface area (Å²) in [4.78, 5) is 18.8. The summed E-state index contributed by atoms with van der Waals surface area (Å²) >= 11 is 0. The Morgan fingerprint density at radius 1 is 1.09 bits per heavy atom. The van der Waals surface area contributed by atoms with E-state index in [9.17, 15) is 4.79 Å². The highest BCUT2D eigenvalue weighted by molar-refractivity contribution is 5.78. The molecule has 23 heavy (non-hydrogen) atoms. The molecule has 1 amide bonds. The van der Waals surface area contributed by atoms with E-state index in [0.29, 0.717) is 19.8 Å². The van der Waals surface area contributed by atoms with Crippen molar-refractivity contribution in [3.05, 3.63) is 24.3 Å². The number of methoxy groups -OCH3 is 1. The van der Waals surface area contributed by atoms with Gasteiger partial charge in [0, 0.05) is 39.3 Å². The van der Waals surface area contributed by atoms with Crippen LogP contribution in [0.25, 0.3) is 0 Å². The van der Waals surface area contributed by atoms with E-state index in [-0.39, 0.29) is 5.91 Å². The molecule has 126 valence electrons. The van der Waals surface area contributed by atoms with Gasteiger partial charge in [0.15, 0.2) is 0 Å². The molecule has 3 rings (SSSR count). The number of ether oxygens (including phenoxy) is 2. The van der Waals surface area contributed by atoms with Crippen LogP contribution in [-0.2, 0) is 9.53 Å². The summed E-state index contributed by atoms with van der Waals surface area (Å²) in [6.07, 6.45) is 0. The summed E-state index contributed by atoms with van der Waals surface area (Å²) in [6, 6.07) is 8.10. The van der Waals surface area contributed by atoms with Crippen molar-refractivity contribution in [1.82, 2.24) is 9.80 Å². The van der Waals surface area contributed by atoms with Crippen LogP contribution in [0.2, 0.25) is 0 Å². The minimum absolute atomic E-state index is 0.221. The molecule has 1 aromatic rings. The number of amides is 1. The van der Waals surface area contributed by atoms with Gasteiger partial charge in [-0.05, 0) is 12.1 Å². The lowest BCUT2D eigenvalue weighted by molar-refractivity contribution is -0.136. The molecule has 0 bridgehead atoms. The quantitative estimate of drug-likeness (QED) is 0.816. The van der Waals surface area contributed by atoms with Gasteiger partial charge in [0.05, 0.1) is 32.6 Å². The predicted molar refractivity (Wildman–Crippen MR) is 89.0 cm³/mol. The Labute approximate surface area is 137 Å². The molecule has 0 N–H and O–H groups in total. The number of carbonyl (C=O) groups is 1. The van der Waals surface area contributed by atoms with Crippen LogP contribution in [-0.4, -0.2) is 81.8 Å². The van der Waals surface area contributed by atoms with E-state index in [1.54, 1.807) is 7.11 Å². The molecule has 2 heterocycles. The Morgan fingerprint density at radius 3 is 2.48 bits per heavy atom. The third-order valence-corrected chi connectivity index (χ3v) is 4.52. The molecule has 0 spiro atoms. The molecule has 0 radical (unpaired) electrons. The van der Waals surface area contributed by atoms with Crippen molar-refractivity contribution in [2.24, 2.45) is 0 Å². The number of nitrogens with zero attached hydrogens (tertiary/aromatic N) is 3. The molecule has 2 aliphatic heterocycles. The number of para-hydroxylation sites is 2. The second kappa shape index (κ2) is 7.66. The van der Waals surface area contributed by atoms with Gasteiger partial charge in [0.2, 0.25) is 5.91 Å². The Hall–Kier alpha value is -1.79. The summed E-state index contributed by atoms with van der Waals surface area (Å²) < 4.78 is 10.7. The van der Waals surface area contributed by atoms with Crippen molar-refractivity contribution in [1.29, 1.82) is 0 Å². The Balaban J connectivity index is 1.51. The van der Waals surface area contributed by atoms with Crippen LogP contribution in [0, 0.1) is 0 Å². The second-order valence-corrected chi connectivity index (χ2v) is 5.93. The Morgan fingerprint density at radius 2 is 1.78 bits per heavy atom. The van der Waals surface area contributed by atoms with E-state index in [2.05, 4.69) is 15.9 Å². The Kier molecular flexibility index (Phi) is 5.35. The van der Waals surface area contributed by atoms with E-state index >= 15 is 0 Å². The first-order chi connectivity index (χ1) is 11.3. The van der Waals surface area contributed by atoms with E-state index in [1.165, 1.54) is 0 Å². The zero-order valence-corrected chi connectivity index (χ0v) is 13.7. The van der Waals surface area contributed by atoms with E-state index < -0.39 is 0 Å². The molecule has 2 fully saturated rings. The highest BCUT2D eigenvalue weighted by atomic mass is 16.5. The maximum absolute atomic E-state index is 12.3. The van der Waals surface area contributed by atoms with Gasteiger partial charge in [-0.15, -0.1) is 0 Å². The van der Waals surface area contributed by atoms with Crippen LogP contribution in [0.5, 0.6) is 5.75 Å². The van der Waals surface area contributed by atoms with Crippen LogP contribution in [0.15, 0.2) is 24.3 Å². The lowest BCUT2D eigenvalue weighted by Crippen LogP contribution is -2.51. The molecule has 6 heteroatoms. The van der Waals surface area contributed by atoms with Gasteiger partial charge < -0.3 is 19.3 Å². The fraction of sp³-hybridized carbons (Fsp3) is 0.588. The molecular weight excluding hydrogens is 294 g/mol. The lowest BCUT2D eigenvalue weighted by atomic mass is 10.2. The lowest BCUT2D eigenvalue weighted by Gasteiger charge is -2.37. The predicted octanol–water partition coefficient (Wildman–Crippen LogP) is 0.676. The van der Waals surface area contributed by atoms with Crippen molar-refractivity contribution >= 4 is 11.6 Å². The average molecular weight is 319 g/mol. The zero-order valence-electron chi connectivity index (χ0n) is 13.7. The molecule has 0 unspecified atom stereocenters. The summed E-state index contributed by atoms with van der Waals surface area (Å²) in [5, 5.41) is 0. The van der Waals surface area contributed by atoms with Gasteiger partial charge in [-0.1, -0.05) is 12.1 Å². The highest BCUT2D eigenvalue weighted by Crippen LogP contribution is 2.28. The first-order valence-electron chi connectivity index (χ1n) is 8.24. The van der Waals surface area contributed by atoms with Crippen molar-refractivity contribution in [2.75, 3.05) is 71.0 Å². The minimum Gasteiger partial charge on any atom is -0.495 e. The molecule has 2 saturated heterocycles. The average Bonchev–Trinajstić information content (AvgIpc) is 2.63. The smallest absolute Gasteiger partial charge is 0.236 e. The third kappa shape index (κ3) is 3.95. The van der Waals surface area contributed by atoms with Crippen LogP contribution in [0.4, 0.5) is 5.69 Å². The maximum Gasteiger partial charge on any atom is 0.236 e. The van der Waals surface area contributed by atoms with Gasteiger partial charge in [-0.3, -0.25) is 9.69 Å². The number of hydrogen-bond acceptors (Lipinski definition) is 5. The van der Waals surface area contributed by atoms with Crippen LogP contribution >= 0.6 is 0 Å². The van der Waals surface area contributed by atoms with Crippen molar-refractivity contribution in [2.45, 2.75) is 0 Å². The van der Waals surface area contributed by atoms with Crippen LogP contribution in [0.3, 0.4) is 0 Å². The SMILES string of the molecule is COc1ccccc1N1CCN(CC(=O)N2CCOCC2)CC1. The maximum atomic E-state index is 12.3. The first kappa shape index (κ1) is 16.1. The van der Waals surface area contributed by atoms with E-state index in [4.69, 9.17) is 9.47 Å². The highest BCUT2D eigenvalue weighted by Gasteiger charge is 2.23. The summed E-state index contributed by atoms with van der Waals surface area (Å²) in [5.41, 5.74) is 1.13. The molecule has 2 aliphatic rings. The number of carbonyl (C=O) groups excluding carboxylic acids is 1.